The molecule has 0 saturated heterocycles. The van der Waals surface area contributed by atoms with E-state index in [1.807, 2.05) is 44.6 Å². The average Bonchev–Trinajstić information content (AvgIpc) is 3.31. The van der Waals surface area contributed by atoms with Crippen LogP contribution in [0.1, 0.15) is 49.7 Å². The van der Waals surface area contributed by atoms with Crippen molar-refractivity contribution in [3.8, 4) is 6.07 Å². The first-order valence-electron chi connectivity index (χ1n) is 10.2. The molecule has 1 N–H and O–H groups in total. The SMILES string of the molecule is CC[C@@H]1[C@@H](C(=O)Nc2cc3cc([C@@H](C)CC#N)c(Cl)cc3cn2)[C@@H]1c1cnn(C)c1. The van der Waals surface area contributed by atoms with E-state index < -0.39 is 0 Å². The highest BCUT2D eigenvalue weighted by Gasteiger charge is 2.54. The number of amides is 1. The number of aromatic nitrogens is 3. The van der Waals surface area contributed by atoms with Crippen molar-refractivity contribution < 1.29 is 4.79 Å². The Bertz CT molecular complexity index is 1150. The van der Waals surface area contributed by atoms with E-state index in [0.717, 1.165) is 28.3 Å². The van der Waals surface area contributed by atoms with Crippen molar-refractivity contribution in [1.29, 1.82) is 5.26 Å². The zero-order chi connectivity index (χ0) is 21.4. The van der Waals surface area contributed by atoms with Crippen LogP contribution in [0.5, 0.6) is 0 Å². The lowest BCUT2D eigenvalue weighted by atomic mass is 9.96. The molecule has 1 fully saturated rings. The van der Waals surface area contributed by atoms with Gasteiger partial charge in [-0.1, -0.05) is 31.9 Å². The molecular weight excluding hydrogens is 398 g/mol. The summed E-state index contributed by atoms with van der Waals surface area (Å²) in [7, 11) is 1.89. The van der Waals surface area contributed by atoms with E-state index in [1.54, 1.807) is 10.9 Å². The van der Waals surface area contributed by atoms with Crippen molar-refractivity contribution in [1.82, 2.24) is 14.8 Å². The molecule has 2 heterocycles. The fourth-order valence-corrected chi connectivity index (χ4v) is 4.75. The number of fused-ring (bicyclic) bond motifs is 1. The molecule has 1 aliphatic rings. The molecule has 1 aromatic carbocycles. The normalized spacial score (nSPS) is 21.2. The van der Waals surface area contributed by atoms with Crippen LogP contribution in [0.15, 0.2) is 36.8 Å². The number of carbonyl (C=O) groups excluding carboxylic acids is 1. The van der Waals surface area contributed by atoms with Gasteiger partial charge in [-0.25, -0.2) is 4.98 Å². The Hall–Kier alpha value is -2.91. The Morgan fingerprint density at radius 3 is 2.80 bits per heavy atom. The number of nitrogens with one attached hydrogen (secondary N) is 1. The maximum Gasteiger partial charge on any atom is 0.229 e. The zero-order valence-corrected chi connectivity index (χ0v) is 18.0. The van der Waals surface area contributed by atoms with E-state index in [2.05, 4.69) is 28.4 Å². The number of anilines is 1. The Balaban J connectivity index is 1.55. The number of pyridine rings is 1. The van der Waals surface area contributed by atoms with Gasteiger partial charge in [-0.05, 0) is 46.5 Å². The summed E-state index contributed by atoms with van der Waals surface area (Å²) in [5.41, 5.74) is 2.04. The minimum absolute atomic E-state index is 0.00501. The minimum Gasteiger partial charge on any atom is -0.310 e. The topological polar surface area (TPSA) is 83.6 Å². The molecule has 30 heavy (non-hydrogen) atoms. The van der Waals surface area contributed by atoms with Gasteiger partial charge in [0, 0.05) is 48.1 Å². The Labute approximate surface area is 180 Å². The molecule has 6 nitrogen and oxygen atoms in total. The third-order valence-corrected chi connectivity index (χ3v) is 6.40. The van der Waals surface area contributed by atoms with Crippen molar-refractivity contribution in [2.24, 2.45) is 18.9 Å². The van der Waals surface area contributed by atoms with Gasteiger partial charge in [0.1, 0.15) is 5.82 Å². The van der Waals surface area contributed by atoms with E-state index in [4.69, 9.17) is 16.9 Å². The van der Waals surface area contributed by atoms with Crippen LogP contribution < -0.4 is 5.32 Å². The van der Waals surface area contributed by atoms with Crippen molar-refractivity contribution in [2.75, 3.05) is 5.32 Å². The minimum atomic E-state index is -0.0619. The molecule has 0 unspecified atom stereocenters. The quantitative estimate of drug-likeness (QED) is 0.605. The Morgan fingerprint density at radius 1 is 1.33 bits per heavy atom. The number of hydrogen-bond donors (Lipinski definition) is 1. The van der Waals surface area contributed by atoms with Gasteiger partial charge >= 0.3 is 0 Å². The number of halogens is 1. The molecule has 0 bridgehead atoms. The molecule has 3 aromatic rings. The summed E-state index contributed by atoms with van der Waals surface area (Å²) in [5, 5.41) is 18.7. The lowest BCUT2D eigenvalue weighted by Gasteiger charge is -2.12. The van der Waals surface area contributed by atoms with Crippen LogP contribution in [0, 0.1) is 23.2 Å². The molecule has 4 rings (SSSR count). The third kappa shape index (κ3) is 3.78. The molecule has 2 aromatic heterocycles. The molecule has 1 saturated carbocycles. The lowest BCUT2D eigenvalue weighted by Crippen LogP contribution is -2.16. The maximum absolute atomic E-state index is 12.9. The third-order valence-electron chi connectivity index (χ3n) is 6.07. The molecule has 0 spiro atoms. The number of rotatable bonds is 6. The van der Waals surface area contributed by atoms with Crippen LogP contribution >= 0.6 is 11.6 Å². The van der Waals surface area contributed by atoms with E-state index >= 15 is 0 Å². The van der Waals surface area contributed by atoms with Gasteiger partial charge in [0.25, 0.3) is 0 Å². The summed E-state index contributed by atoms with van der Waals surface area (Å²) in [6, 6.07) is 7.92. The van der Waals surface area contributed by atoms with Crippen molar-refractivity contribution >= 4 is 34.1 Å². The first kappa shape index (κ1) is 20.4. The van der Waals surface area contributed by atoms with Gasteiger partial charge in [0.15, 0.2) is 0 Å². The van der Waals surface area contributed by atoms with Gasteiger partial charge in [-0.2, -0.15) is 10.4 Å². The van der Waals surface area contributed by atoms with E-state index in [9.17, 15) is 4.79 Å². The second-order valence-corrected chi connectivity index (χ2v) is 8.52. The number of nitriles is 1. The van der Waals surface area contributed by atoms with Crippen LogP contribution in [0.25, 0.3) is 10.8 Å². The van der Waals surface area contributed by atoms with Gasteiger partial charge in [0.05, 0.1) is 12.3 Å². The number of hydrogen-bond acceptors (Lipinski definition) is 4. The molecule has 0 radical (unpaired) electrons. The monoisotopic (exact) mass is 421 g/mol. The number of aryl methyl sites for hydroxylation is 1. The Kier molecular flexibility index (Phi) is 5.48. The average molecular weight is 422 g/mol. The number of carbonyl (C=O) groups is 1. The predicted molar refractivity (Wildman–Crippen MR) is 117 cm³/mol. The molecular formula is C23H24ClN5O. The summed E-state index contributed by atoms with van der Waals surface area (Å²) in [6.07, 6.45) is 6.90. The second kappa shape index (κ2) is 8.08. The Morgan fingerprint density at radius 2 is 2.13 bits per heavy atom. The first-order chi connectivity index (χ1) is 14.4. The second-order valence-electron chi connectivity index (χ2n) is 8.11. The van der Waals surface area contributed by atoms with E-state index in [0.29, 0.717) is 23.2 Å². The molecule has 7 heteroatoms. The van der Waals surface area contributed by atoms with Crippen molar-refractivity contribution in [3.05, 3.63) is 52.9 Å². The zero-order valence-electron chi connectivity index (χ0n) is 17.3. The molecule has 0 aliphatic heterocycles. The molecule has 1 aliphatic carbocycles. The fraction of sp³-hybridized carbons (Fsp3) is 0.391. The predicted octanol–water partition coefficient (Wildman–Crippen LogP) is 5.02. The van der Waals surface area contributed by atoms with Gasteiger partial charge in [-0.15, -0.1) is 0 Å². The smallest absolute Gasteiger partial charge is 0.229 e. The number of nitrogens with zero attached hydrogens (tertiary/aromatic N) is 4. The van der Waals surface area contributed by atoms with E-state index in [-0.39, 0.29) is 23.7 Å². The van der Waals surface area contributed by atoms with Gasteiger partial charge in [0.2, 0.25) is 5.91 Å². The van der Waals surface area contributed by atoms with Crippen LogP contribution in [0.2, 0.25) is 5.02 Å². The van der Waals surface area contributed by atoms with E-state index in [1.165, 1.54) is 0 Å². The van der Waals surface area contributed by atoms with Crippen LogP contribution in [-0.2, 0) is 11.8 Å². The lowest BCUT2D eigenvalue weighted by molar-refractivity contribution is -0.117. The molecule has 4 atom stereocenters. The van der Waals surface area contributed by atoms with Gasteiger partial charge in [-0.3, -0.25) is 9.48 Å². The van der Waals surface area contributed by atoms with Crippen molar-refractivity contribution in [3.63, 3.8) is 0 Å². The first-order valence-corrected chi connectivity index (χ1v) is 10.6. The van der Waals surface area contributed by atoms with Crippen LogP contribution in [0.3, 0.4) is 0 Å². The van der Waals surface area contributed by atoms with Crippen LogP contribution in [0.4, 0.5) is 5.82 Å². The highest BCUT2D eigenvalue weighted by Crippen LogP contribution is 2.56. The van der Waals surface area contributed by atoms with Gasteiger partial charge < -0.3 is 5.32 Å². The van der Waals surface area contributed by atoms with Crippen LogP contribution in [-0.4, -0.2) is 20.7 Å². The maximum atomic E-state index is 12.9. The largest absolute Gasteiger partial charge is 0.310 e. The number of benzene rings is 1. The van der Waals surface area contributed by atoms with Crippen molar-refractivity contribution in [2.45, 2.75) is 38.5 Å². The highest BCUT2D eigenvalue weighted by atomic mass is 35.5. The summed E-state index contributed by atoms with van der Waals surface area (Å²) in [5.74, 6) is 1.03. The fourth-order valence-electron chi connectivity index (χ4n) is 4.39. The summed E-state index contributed by atoms with van der Waals surface area (Å²) in [6.45, 7) is 4.10. The summed E-state index contributed by atoms with van der Waals surface area (Å²) >= 11 is 6.40. The standard InChI is InChI=1S/C23H24ClN5O/c1-4-17-21(16-11-27-29(3)12-16)22(17)23(30)28-20-9-14-7-18(13(2)5-6-25)19(24)8-15(14)10-26-20/h7-13,17,21-22H,4-5H2,1-3H3,(H,26,28,30)/t13-,17-,21+,22+/m0/s1. The summed E-state index contributed by atoms with van der Waals surface area (Å²) < 4.78 is 1.77. The highest BCUT2D eigenvalue weighted by molar-refractivity contribution is 6.32. The molecule has 154 valence electrons. The molecule has 1 amide bonds. The summed E-state index contributed by atoms with van der Waals surface area (Å²) in [4.78, 5) is 17.4.